The van der Waals surface area contributed by atoms with Gasteiger partial charge in [-0.25, -0.2) is 8.78 Å². The molecule has 2 unspecified atom stereocenters. The van der Waals surface area contributed by atoms with Crippen LogP contribution in [0.4, 0.5) is 8.78 Å². The van der Waals surface area contributed by atoms with E-state index in [1.54, 1.807) is 30.3 Å². The summed E-state index contributed by atoms with van der Waals surface area (Å²) in [5.74, 6) is -1.31. The predicted molar refractivity (Wildman–Crippen MR) is 94.3 cm³/mol. The van der Waals surface area contributed by atoms with Crippen LogP contribution in [0, 0.1) is 17.6 Å². The molecule has 0 aliphatic heterocycles. The van der Waals surface area contributed by atoms with Gasteiger partial charge < -0.3 is 15.8 Å². The average Bonchev–Trinajstić information content (AvgIpc) is 3.09. The summed E-state index contributed by atoms with van der Waals surface area (Å²) in [5.41, 5.74) is 6.42. The van der Waals surface area contributed by atoms with E-state index in [9.17, 15) is 13.6 Å². The minimum absolute atomic E-state index is 0.0183. The molecule has 2 atom stereocenters. The van der Waals surface area contributed by atoms with Gasteiger partial charge in [-0.1, -0.05) is 36.8 Å². The summed E-state index contributed by atoms with van der Waals surface area (Å²) in [7, 11) is 0. The highest BCUT2D eigenvalue weighted by Crippen LogP contribution is 2.28. The molecule has 1 amide bonds. The minimum Gasteiger partial charge on any atom is -0.485 e. The minimum atomic E-state index is -0.501. The molecule has 3 rings (SSSR count). The van der Waals surface area contributed by atoms with E-state index in [1.165, 1.54) is 12.1 Å². The predicted octanol–water partition coefficient (Wildman–Crippen LogP) is 3.29. The first-order valence-electron chi connectivity index (χ1n) is 8.72. The van der Waals surface area contributed by atoms with Crippen LogP contribution in [0.3, 0.4) is 0 Å². The van der Waals surface area contributed by atoms with Crippen molar-refractivity contribution in [2.24, 2.45) is 11.7 Å². The third kappa shape index (κ3) is 4.19. The van der Waals surface area contributed by atoms with Gasteiger partial charge in [0, 0.05) is 23.7 Å². The van der Waals surface area contributed by atoms with Crippen LogP contribution in [0.2, 0.25) is 0 Å². The van der Waals surface area contributed by atoms with E-state index in [4.69, 9.17) is 10.5 Å². The summed E-state index contributed by atoms with van der Waals surface area (Å²) >= 11 is 0. The van der Waals surface area contributed by atoms with Gasteiger partial charge in [0.2, 0.25) is 5.91 Å². The van der Waals surface area contributed by atoms with Gasteiger partial charge >= 0.3 is 0 Å². The monoisotopic (exact) mass is 360 g/mol. The molecule has 2 aromatic rings. The first-order valence-corrected chi connectivity index (χ1v) is 8.72. The summed E-state index contributed by atoms with van der Waals surface area (Å²) in [6, 6.07) is 10.9. The molecule has 6 heteroatoms. The number of benzene rings is 2. The Morgan fingerprint density at radius 3 is 2.58 bits per heavy atom. The van der Waals surface area contributed by atoms with Gasteiger partial charge in [0.05, 0.1) is 5.92 Å². The molecular formula is C20H22F2N2O2. The van der Waals surface area contributed by atoms with Crippen LogP contribution in [0.15, 0.2) is 42.5 Å². The van der Waals surface area contributed by atoms with Crippen LogP contribution in [0.1, 0.15) is 30.4 Å². The average molecular weight is 360 g/mol. The van der Waals surface area contributed by atoms with Crippen LogP contribution in [0.25, 0.3) is 0 Å². The fourth-order valence-corrected chi connectivity index (χ4v) is 3.41. The molecule has 0 spiro atoms. The molecule has 4 nitrogen and oxygen atoms in total. The lowest BCUT2D eigenvalue weighted by Crippen LogP contribution is -2.38. The summed E-state index contributed by atoms with van der Waals surface area (Å²) in [6.07, 6.45) is 2.56. The van der Waals surface area contributed by atoms with Crippen molar-refractivity contribution in [3.05, 3.63) is 65.2 Å². The second-order valence-corrected chi connectivity index (χ2v) is 6.54. The second-order valence-electron chi connectivity index (χ2n) is 6.54. The molecule has 1 saturated carbocycles. The topological polar surface area (TPSA) is 64.4 Å². The Labute approximate surface area is 151 Å². The van der Waals surface area contributed by atoms with Gasteiger partial charge in [0.1, 0.15) is 12.4 Å². The van der Waals surface area contributed by atoms with Crippen LogP contribution in [-0.2, 0) is 17.9 Å². The number of nitrogens with one attached hydrogen (secondary N) is 1. The molecule has 1 aliphatic rings. The van der Waals surface area contributed by atoms with Gasteiger partial charge in [-0.3, -0.25) is 4.79 Å². The SMILES string of the molecule is NC(=O)C1CCCC1NCc1cccc(F)c1OCc1ccccc1F. The van der Waals surface area contributed by atoms with E-state index in [1.807, 2.05) is 0 Å². The number of carbonyl (C=O) groups excluding carboxylic acids is 1. The Bertz CT molecular complexity index is 782. The molecule has 2 aromatic carbocycles. The van der Waals surface area contributed by atoms with E-state index >= 15 is 0 Å². The van der Waals surface area contributed by atoms with Gasteiger partial charge in [0.15, 0.2) is 11.6 Å². The van der Waals surface area contributed by atoms with Crippen molar-refractivity contribution in [2.45, 2.75) is 38.5 Å². The summed E-state index contributed by atoms with van der Waals surface area (Å²) < 4.78 is 33.6. The Morgan fingerprint density at radius 2 is 1.81 bits per heavy atom. The lowest BCUT2D eigenvalue weighted by Gasteiger charge is -2.20. The molecule has 0 radical (unpaired) electrons. The van der Waals surface area contributed by atoms with Crippen LogP contribution in [-0.4, -0.2) is 11.9 Å². The Kier molecular flexibility index (Phi) is 5.83. The van der Waals surface area contributed by atoms with Crippen LogP contribution >= 0.6 is 0 Å². The lowest BCUT2D eigenvalue weighted by molar-refractivity contribution is -0.122. The smallest absolute Gasteiger partial charge is 0.222 e. The van der Waals surface area contributed by atoms with Crippen LogP contribution in [0.5, 0.6) is 5.75 Å². The van der Waals surface area contributed by atoms with Crippen molar-refractivity contribution < 1.29 is 18.3 Å². The summed E-state index contributed by atoms with van der Waals surface area (Å²) in [6.45, 7) is 0.284. The fourth-order valence-electron chi connectivity index (χ4n) is 3.41. The van der Waals surface area contributed by atoms with E-state index in [-0.39, 0.29) is 30.2 Å². The Hall–Kier alpha value is -2.47. The summed E-state index contributed by atoms with van der Waals surface area (Å²) in [4.78, 5) is 11.5. The maximum Gasteiger partial charge on any atom is 0.222 e. The molecule has 1 aliphatic carbocycles. The van der Waals surface area contributed by atoms with Crippen molar-refractivity contribution >= 4 is 5.91 Å². The largest absolute Gasteiger partial charge is 0.485 e. The summed E-state index contributed by atoms with van der Waals surface area (Å²) in [5, 5.41) is 3.28. The number of ether oxygens (including phenoxy) is 1. The molecule has 26 heavy (non-hydrogen) atoms. The van der Waals surface area contributed by atoms with Crippen molar-refractivity contribution in [3.63, 3.8) is 0 Å². The highest BCUT2D eigenvalue weighted by Gasteiger charge is 2.31. The van der Waals surface area contributed by atoms with E-state index in [0.29, 0.717) is 17.7 Å². The molecule has 0 heterocycles. The molecule has 0 saturated heterocycles. The lowest BCUT2D eigenvalue weighted by atomic mass is 10.0. The van der Waals surface area contributed by atoms with Crippen molar-refractivity contribution in [3.8, 4) is 5.75 Å². The first kappa shape index (κ1) is 18.3. The third-order valence-corrected chi connectivity index (χ3v) is 4.81. The number of carbonyl (C=O) groups is 1. The first-order chi connectivity index (χ1) is 12.6. The van der Waals surface area contributed by atoms with Gasteiger partial charge in [-0.2, -0.15) is 0 Å². The molecule has 1 fully saturated rings. The Balaban J connectivity index is 1.69. The molecule has 138 valence electrons. The molecule has 0 bridgehead atoms. The van der Waals surface area contributed by atoms with Crippen molar-refractivity contribution in [1.29, 1.82) is 0 Å². The zero-order valence-corrected chi connectivity index (χ0v) is 14.4. The van der Waals surface area contributed by atoms with E-state index in [2.05, 4.69) is 5.32 Å². The van der Waals surface area contributed by atoms with E-state index < -0.39 is 11.6 Å². The standard InChI is InChI=1S/C20H22F2N2O2/c21-16-8-2-1-5-14(16)12-26-19-13(6-3-9-17(19)22)11-24-18-10-4-7-15(18)20(23)25/h1-3,5-6,8-9,15,18,24H,4,7,10-12H2,(H2,23,25). The highest BCUT2D eigenvalue weighted by atomic mass is 19.1. The zero-order chi connectivity index (χ0) is 18.5. The molecule has 0 aromatic heterocycles. The van der Waals surface area contributed by atoms with Crippen molar-refractivity contribution in [2.75, 3.05) is 0 Å². The maximum absolute atomic E-state index is 14.2. The number of halogens is 2. The van der Waals surface area contributed by atoms with Gasteiger partial charge in [0.25, 0.3) is 0 Å². The van der Waals surface area contributed by atoms with Crippen molar-refractivity contribution in [1.82, 2.24) is 5.32 Å². The highest BCUT2D eigenvalue weighted by molar-refractivity contribution is 5.77. The number of para-hydroxylation sites is 1. The molecule has 3 N–H and O–H groups in total. The normalized spacial score (nSPS) is 19.5. The van der Waals surface area contributed by atoms with Crippen LogP contribution < -0.4 is 15.8 Å². The second kappa shape index (κ2) is 8.27. The number of hydrogen-bond acceptors (Lipinski definition) is 3. The molecular weight excluding hydrogens is 338 g/mol. The fraction of sp³-hybridized carbons (Fsp3) is 0.350. The van der Waals surface area contributed by atoms with Gasteiger partial charge in [-0.15, -0.1) is 0 Å². The zero-order valence-electron chi connectivity index (χ0n) is 14.4. The van der Waals surface area contributed by atoms with Gasteiger partial charge in [-0.05, 0) is 25.0 Å². The number of nitrogens with two attached hydrogens (primary N) is 1. The third-order valence-electron chi connectivity index (χ3n) is 4.81. The number of amides is 1. The number of primary amides is 1. The number of hydrogen-bond donors (Lipinski definition) is 2. The Morgan fingerprint density at radius 1 is 1.08 bits per heavy atom. The number of rotatable bonds is 7. The maximum atomic E-state index is 14.2. The van der Waals surface area contributed by atoms with E-state index in [0.717, 1.165) is 19.3 Å². The quantitative estimate of drug-likeness (QED) is 0.796.